The zero-order valence-corrected chi connectivity index (χ0v) is 17.1. The van der Waals surface area contributed by atoms with E-state index >= 15 is 0 Å². The summed E-state index contributed by atoms with van der Waals surface area (Å²) in [6.45, 7) is 3.57. The van der Waals surface area contributed by atoms with Crippen LogP contribution < -0.4 is 10.1 Å². The van der Waals surface area contributed by atoms with Crippen LogP contribution >= 0.6 is 0 Å². The van der Waals surface area contributed by atoms with Crippen LogP contribution in [0.5, 0.6) is 5.75 Å². The third-order valence-corrected chi connectivity index (χ3v) is 6.90. The summed E-state index contributed by atoms with van der Waals surface area (Å²) in [4.78, 5) is 12.6. The van der Waals surface area contributed by atoms with Crippen molar-refractivity contribution in [2.45, 2.75) is 31.1 Å². The van der Waals surface area contributed by atoms with Crippen molar-refractivity contribution in [1.82, 2.24) is 9.62 Å². The molecule has 0 atom stereocenters. The average molecular weight is 403 g/mol. The Balaban J connectivity index is 1.55. The third-order valence-electron chi connectivity index (χ3n) is 4.98. The third kappa shape index (κ3) is 4.54. The molecule has 1 saturated heterocycles. The van der Waals surface area contributed by atoms with Crippen LogP contribution in [0.3, 0.4) is 0 Å². The fourth-order valence-corrected chi connectivity index (χ4v) is 4.86. The molecule has 7 heteroatoms. The number of benzene rings is 2. The fraction of sp³-hybridized carbons (Fsp3) is 0.381. The summed E-state index contributed by atoms with van der Waals surface area (Å²) in [5.74, 6) is 0.611. The number of aryl methyl sites for hydroxylation is 1. The van der Waals surface area contributed by atoms with Gasteiger partial charge < -0.3 is 10.1 Å². The van der Waals surface area contributed by atoms with E-state index in [1.165, 1.54) is 0 Å². The predicted molar refractivity (Wildman–Crippen MR) is 108 cm³/mol. The Morgan fingerprint density at radius 2 is 1.79 bits per heavy atom. The highest BCUT2D eigenvalue weighted by Crippen LogP contribution is 2.21. The maximum Gasteiger partial charge on any atom is 0.251 e. The number of rotatable bonds is 7. The number of ether oxygens (including phenoxy) is 1. The zero-order valence-electron chi connectivity index (χ0n) is 16.3. The van der Waals surface area contributed by atoms with E-state index in [1.807, 2.05) is 19.1 Å². The Hall–Kier alpha value is -2.38. The molecule has 1 heterocycles. The Morgan fingerprint density at radius 1 is 1.11 bits per heavy atom. The van der Waals surface area contributed by atoms with Crippen LogP contribution in [0.15, 0.2) is 47.4 Å². The van der Waals surface area contributed by atoms with Gasteiger partial charge in [-0.05, 0) is 67.6 Å². The molecule has 2 aromatic carbocycles. The Bertz CT molecular complexity index is 933. The lowest BCUT2D eigenvalue weighted by Crippen LogP contribution is -2.28. The molecule has 3 rings (SSSR count). The van der Waals surface area contributed by atoms with E-state index in [1.54, 1.807) is 41.7 Å². The first kappa shape index (κ1) is 20.4. The summed E-state index contributed by atoms with van der Waals surface area (Å²) in [7, 11) is -1.78. The maximum absolute atomic E-state index is 12.5. The summed E-state index contributed by atoms with van der Waals surface area (Å²) in [6.07, 6.45) is 2.47. The predicted octanol–water partition coefficient (Wildman–Crippen LogP) is 2.76. The highest BCUT2D eigenvalue weighted by atomic mass is 32.2. The number of hydrogen-bond acceptors (Lipinski definition) is 4. The van der Waals surface area contributed by atoms with Crippen LogP contribution in [0.1, 0.15) is 34.3 Å². The van der Waals surface area contributed by atoms with Crippen molar-refractivity contribution in [1.29, 1.82) is 0 Å². The van der Waals surface area contributed by atoms with Crippen molar-refractivity contribution in [3.63, 3.8) is 0 Å². The standard InChI is InChI=1S/C21H26N2O4S/c1-16-15-18(7-10-20(16)27-2)21(24)22-12-11-17-5-8-19(9-6-17)28(25,26)23-13-3-4-14-23/h5-10,15H,3-4,11-14H2,1-2H3,(H,22,24). The molecule has 2 aromatic rings. The number of sulfonamides is 1. The molecule has 1 amide bonds. The van der Waals surface area contributed by atoms with E-state index in [-0.39, 0.29) is 5.91 Å². The number of nitrogens with zero attached hydrogens (tertiary/aromatic N) is 1. The first-order valence-electron chi connectivity index (χ1n) is 9.44. The summed E-state index contributed by atoms with van der Waals surface area (Å²) >= 11 is 0. The highest BCUT2D eigenvalue weighted by molar-refractivity contribution is 7.89. The number of amides is 1. The van der Waals surface area contributed by atoms with E-state index in [9.17, 15) is 13.2 Å². The van der Waals surface area contributed by atoms with Gasteiger partial charge in [0.15, 0.2) is 0 Å². The molecule has 28 heavy (non-hydrogen) atoms. The second kappa shape index (κ2) is 8.75. The van der Waals surface area contributed by atoms with Crippen molar-refractivity contribution in [2.75, 3.05) is 26.7 Å². The molecule has 0 unspecified atom stereocenters. The van der Waals surface area contributed by atoms with E-state index in [0.717, 1.165) is 29.7 Å². The van der Waals surface area contributed by atoms with Gasteiger partial charge >= 0.3 is 0 Å². The van der Waals surface area contributed by atoms with Crippen molar-refractivity contribution in [2.24, 2.45) is 0 Å². The molecule has 0 aromatic heterocycles. The van der Waals surface area contributed by atoms with Crippen LogP contribution in [-0.2, 0) is 16.4 Å². The van der Waals surface area contributed by atoms with Crippen LogP contribution in [-0.4, -0.2) is 45.4 Å². The number of methoxy groups -OCH3 is 1. The number of carbonyl (C=O) groups excluding carboxylic acids is 1. The first-order valence-corrected chi connectivity index (χ1v) is 10.9. The molecular formula is C21H26N2O4S. The monoisotopic (exact) mass is 402 g/mol. The van der Waals surface area contributed by atoms with Crippen molar-refractivity contribution < 1.29 is 17.9 Å². The van der Waals surface area contributed by atoms with Gasteiger partial charge in [-0.25, -0.2) is 8.42 Å². The molecule has 1 fully saturated rings. The molecule has 1 aliphatic heterocycles. The second-order valence-electron chi connectivity index (χ2n) is 6.95. The van der Waals surface area contributed by atoms with E-state index in [0.29, 0.717) is 36.5 Å². The minimum Gasteiger partial charge on any atom is -0.496 e. The zero-order chi connectivity index (χ0) is 20.1. The van der Waals surface area contributed by atoms with Gasteiger partial charge in [0, 0.05) is 25.2 Å². The Morgan fingerprint density at radius 3 is 2.39 bits per heavy atom. The molecule has 0 aliphatic carbocycles. The normalized spacial score (nSPS) is 14.8. The number of nitrogens with one attached hydrogen (secondary N) is 1. The minimum absolute atomic E-state index is 0.140. The molecule has 0 radical (unpaired) electrons. The fourth-order valence-electron chi connectivity index (χ4n) is 3.35. The summed E-state index contributed by atoms with van der Waals surface area (Å²) in [6, 6.07) is 12.2. The number of hydrogen-bond donors (Lipinski definition) is 1. The summed E-state index contributed by atoms with van der Waals surface area (Å²) in [5.41, 5.74) is 2.47. The van der Waals surface area contributed by atoms with Crippen LogP contribution in [0.25, 0.3) is 0 Å². The Kier molecular flexibility index (Phi) is 6.36. The molecule has 6 nitrogen and oxygen atoms in total. The smallest absolute Gasteiger partial charge is 0.251 e. The van der Waals surface area contributed by atoms with Gasteiger partial charge in [0.05, 0.1) is 12.0 Å². The molecule has 1 aliphatic rings. The van der Waals surface area contributed by atoms with Gasteiger partial charge in [-0.15, -0.1) is 0 Å². The summed E-state index contributed by atoms with van der Waals surface area (Å²) in [5, 5.41) is 2.90. The molecule has 0 spiro atoms. The number of carbonyl (C=O) groups is 1. The first-order chi connectivity index (χ1) is 13.4. The van der Waals surface area contributed by atoms with Crippen LogP contribution in [0, 0.1) is 6.92 Å². The maximum atomic E-state index is 12.5. The highest BCUT2D eigenvalue weighted by Gasteiger charge is 2.26. The minimum atomic E-state index is -3.38. The van der Waals surface area contributed by atoms with Gasteiger partial charge in [-0.2, -0.15) is 4.31 Å². The lowest BCUT2D eigenvalue weighted by Gasteiger charge is -2.15. The SMILES string of the molecule is COc1ccc(C(=O)NCCc2ccc(S(=O)(=O)N3CCCC3)cc2)cc1C. The van der Waals surface area contributed by atoms with Gasteiger partial charge in [-0.3, -0.25) is 4.79 Å². The topological polar surface area (TPSA) is 75.7 Å². The van der Waals surface area contributed by atoms with E-state index in [4.69, 9.17) is 4.74 Å². The van der Waals surface area contributed by atoms with Crippen molar-refractivity contribution in [3.8, 4) is 5.75 Å². The largest absolute Gasteiger partial charge is 0.496 e. The van der Waals surface area contributed by atoms with Gasteiger partial charge in [0.1, 0.15) is 5.75 Å². The molecule has 0 bridgehead atoms. The quantitative estimate of drug-likeness (QED) is 0.773. The lowest BCUT2D eigenvalue weighted by molar-refractivity contribution is 0.0954. The second-order valence-corrected chi connectivity index (χ2v) is 8.88. The van der Waals surface area contributed by atoms with Crippen LogP contribution in [0.4, 0.5) is 0 Å². The summed E-state index contributed by atoms with van der Waals surface area (Å²) < 4.78 is 31.8. The molecule has 1 N–H and O–H groups in total. The lowest BCUT2D eigenvalue weighted by atomic mass is 10.1. The van der Waals surface area contributed by atoms with Gasteiger partial charge in [0.2, 0.25) is 10.0 Å². The van der Waals surface area contributed by atoms with Crippen molar-refractivity contribution in [3.05, 3.63) is 59.2 Å². The molecular weight excluding hydrogens is 376 g/mol. The van der Waals surface area contributed by atoms with Crippen LogP contribution in [0.2, 0.25) is 0 Å². The molecule has 150 valence electrons. The van der Waals surface area contributed by atoms with E-state index < -0.39 is 10.0 Å². The van der Waals surface area contributed by atoms with E-state index in [2.05, 4.69) is 5.32 Å². The average Bonchev–Trinajstić information content (AvgIpc) is 3.24. The van der Waals surface area contributed by atoms with Gasteiger partial charge in [-0.1, -0.05) is 12.1 Å². The molecule has 0 saturated carbocycles. The Labute approximate surface area is 166 Å². The van der Waals surface area contributed by atoms with Gasteiger partial charge in [0.25, 0.3) is 5.91 Å². The van der Waals surface area contributed by atoms with Crippen molar-refractivity contribution >= 4 is 15.9 Å².